The molecule has 0 unspecified atom stereocenters. The first-order valence-corrected chi connectivity index (χ1v) is 5.22. The van der Waals surface area contributed by atoms with Crippen LogP contribution >= 0.6 is 11.6 Å². The van der Waals surface area contributed by atoms with Crippen molar-refractivity contribution in [1.29, 1.82) is 0 Å². The van der Waals surface area contributed by atoms with Crippen LogP contribution in [0.15, 0.2) is 18.2 Å². The number of hydrogen-bond donors (Lipinski definition) is 0. The number of carbonyl (C=O) groups is 1. The Bertz CT molecular complexity index is 560. The molecule has 0 radical (unpaired) electrons. The Labute approximate surface area is 98.4 Å². The zero-order valence-corrected chi connectivity index (χ0v) is 10.1. The minimum atomic E-state index is -0.0285. The van der Waals surface area contributed by atoms with Crippen molar-refractivity contribution in [1.82, 2.24) is 14.5 Å². The largest absolute Gasteiger partial charge is 0.345 e. The molecule has 1 amide bonds. The first-order valence-electron chi connectivity index (χ1n) is 4.84. The van der Waals surface area contributed by atoms with E-state index in [0.717, 1.165) is 11.0 Å². The lowest BCUT2D eigenvalue weighted by atomic mass is 10.2. The maximum absolute atomic E-state index is 11.8. The Kier molecular flexibility index (Phi) is 2.59. The van der Waals surface area contributed by atoms with E-state index >= 15 is 0 Å². The van der Waals surface area contributed by atoms with Gasteiger partial charge in [-0.25, -0.2) is 4.98 Å². The van der Waals surface area contributed by atoms with Gasteiger partial charge < -0.3 is 9.47 Å². The standard InChI is InChI=1S/C11H12ClN3O/c1-14(2)10(16)7-4-5-8-9(6-7)15(3)11(12)13-8/h4-6H,1-3H3. The summed E-state index contributed by atoms with van der Waals surface area (Å²) in [5.74, 6) is -0.0285. The van der Waals surface area contributed by atoms with Crippen LogP contribution in [-0.4, -0.2) is 34.5 Å². The number of hydrogen-bond acceptors (Lipinski definition) is 2. The second kappa shape index (κ2) is 3.79. The molecule has 1 aromatic carbocycles. The van der Waals surface area contributed by atoms with E-state index in [1.165, 1.54) is 0 Å². The van der Waals surface area contributed by atoms with Gasteiger partial charge in [0.25, 0.3) is 5.91 Å². The van der Waals surface area contributed by atoms with Gasteiger partial charge in [-0.15, -0.1) is 0 Å². The van der Waals surface area contributed by atoms with E-state index in [-0.39, 0.29) is 5.91 Å². The number of nitrogens with zero attached hydrogens (tertiary/aromatic N) is 3. The molecule has 5 heteroatoms. The lowest BCUT2D eigenvalue weighted by Gasteiger charge is -2.10. The van der Waals surface area contributed by atoms with Crippen LogP contribution in [0.2, 0.25) is 5.28 Å². The van der Waals surface area contributed by atoms with Crippen LogP contribution in [0.4, 0.5) is 0 Å². The minimum Gasteiger partial charge on any atom is -0.345 e. The molecule has 0 saturated heterocycles. The molecular weight excluding hydrogens is 226 g/mol. The van der Waals surface area contributed by atoms with Gasteiger partial charge in [0.05, 0.1) is 11.0 Å². The molecule has 84 valence electrons. The van der Waals surface area contributed by atoms with Crippen molar-refractivity contribution in [2.24, 2.45) is 7.05 Å². The lowest BCUT2D eigenvalue weighted by molar-refractivity contribution is 0.0828. The molecule has 4 nitrogen and oxygen atoms in total. The molecule has 0 bridgehead atoms. The molecule has 0 atom stereocenters. The van der Waals surface area contributed by atoms with Crippen LogP contribution in [-0.2, 0) is 7.05 Å². The van der Waals surface area contributed by atoms with Gasteiger partial charge in [-0.05, 0) is 29.8 Å². The van der Waals surface area contributed by atoms with Crippen LogP contribution in [0.1, 0.15) is 10.4 Å². The Morgan fingerprint density at radius 3 is 2.75 bits per heavy atom. The highest BCUT2D eigenvalue weighted by Gasteiger charge is 2.11. The van der Waals surface area contributed by atoms with E-state index in [1.807, 2.05) is 7.05 Å². The SMILES string of the molecule is CN(C)C(=O)c1ccc2nc(Cl)n(C)c2c1. The number of amides is 1. The molecule has 0 N–H and O–H groups in total. The van der Waals surface area contributed by atoms with Crippen LogP contribution in [0.5, 0.6) is 0 Å². The van der Waals surface area contributed by atoms with Gasteiger partial charge in [-0.2, -0.15) is 0 Å². The predicted octanol–water partition coefficient (Wildman–Crippen LogP) is 1.93. The summed E-state index contributed by atoms with van der Waals surface area (Å²) in [5, 5.41) is 0.421. The van der Waals surface area contributed by atoms with Crippen LogP contribution < -0.4 is 0 Å². The molecule has 0 aliphatic carbocycles. The highest BCUT2D eigenvalue weighted by molar-refractivity contribution is 6.29. The smallest absolute Gasteiger partial charge is 0.253 e. The number of aromatic nitrogens is 2. The number of halogens is 1. The molecule has 16 heavy (non-hydrogen) atoms. The zero-order valence-electron chi connectivity index (χ0n) is 9.36. The fourth-order valence-corrected chi connectivity index (χ4v) is 1.73. The summed E-state index contributed by atoms with van der Waals surface area (Å²) in [7, 11) is 5.27. The molecule has 1 aromatic heterocycles. The molecule has 1 heterocycles. The fraction of sp³-hybridized carbons (Fsp3) is 0.273. The third-order valence-electron chi connectivity index (χ3n) is 2.48. The van der Waals surface area contributed by atoms with Gasteiger partial charge in [0.2, 0.25) is 5.28 Å². The Morgan fingerprint density at radius 2 is 2.12 bits per heavy atom. The van der Waals surface area contributed by atoms with E-state index < -0.39 is 0 Å². The Morgan fingerprint density at radius 1 is 1.44 bits per heavy atom. The van der Waals surface area contributed by atoms with Crippen molar-refractivity contribution in [3.05, 3.63) is 29.0 Å². The molecule has 0 aliphatic heterocycles. The first kappa shape index (κ1) is 11.0. The fourth-order valence-electron chi connectivity index (χ4n) is 1.55. The van der Waals surface area contributed by atoms with E-state index in [4.69, 9.17) is 11.6 Å². The highest BCUT2D eigenvalue weighted by atomic mass is 35.5. The van der Waals surface area contributed by atoms with Gasteiger partial charge in [0.1, 0.15) is 0 Å². The summed E-state index contributed by atoms with van der Waals surface area (Å²) in [4.78, 5) is 17.5. The average molecular weight is 238 g/mol. The van der Waals surface area contributed by atoms with Crippen molar-refractivity contribution in [3.63, 3.8) is 0 Å². The number of carbonyl (C=O) groups excluding carboxylic acids is 1. The van der Waals surface area contributed by atoms with Gasteiger partial charge in [-0.1, -0.05) is 0 Å². The lowest BCUT2D eigenvalue weighted by Crippen LogP contribution is -2.21. The van der Waals surface area contributed by atoms with Gasteiger partial charge in [0, 0.05) is 26.7 Å². The third kappa shape index (κ3) is 1.65. The molecule has 2 aromatic rings. The Balaban J connectivity index is 2.59. The summed E-state index contributed by atoms with van der Waals surface area (Å²) >= 11 is 5.90. The summed E-state index contributed by atoms with van der Waals surface area (Å²) in [5.41, 5.74) is 2.29. The average Bonchev–Trinajstić information content (AvgIpc) is 2.53. The van der Waals surface area contributed by atoms with Crippen molar-refractivity contribution in [2.75, 3.05) is 14.1 Å². The molecule has 0 spiro atoms. The summed E-state index contributed by atoms with van der Waals surface area (Å²) < 4.78 is 1.75. The number of benzene rings is 1. The van der Waals surface area contributed by atoms with Crippen LogP contribution in [0, 0.1) is 0 Å². The van der Waals surface area contributed by atoms with Crippen molar-refractivity contribution in [2.45, 2.75) is 0 Å². The number of imidazole rings is 1. The maximum Gasteiger partial charge on any atom is 0.253 e. The van der Waals surface area contributed by atoms with Crippen molar-refractivity contribution in [3.8, 4) is 0 Å². The van der Waals surface area contributed by atoms with E-state index in [2.05, 4.69) is 4.98 Å². The number of aryl methyl sites for hydroxylation is 1. The second-order valence-electron chi connectivity index (χ2n) is 3.84. The summed E-state index contributed by atoms with van der Waals surface area (Å²) in [6.45, 7) is 0. The second-order valence-corrected chi connectivity index (χ2v) is 4.18. The number of fused-ring (bicyclic) bond motifs is 1. The molecular formula is C11H12ClN3O. The molecule has 0 aliphatic rings. The van der Waals surface area contributed by atoms with Crippen molar-refractivity contribution < 1.29 is 4.79 Å². The van der Waals surface area contributed by atoms with Gasteiger partial charge in [0.15, 0.2) is 0 Å². The normalized spacial score (nSPS) is 10.8. The van der Waals surface area contributed by atoms with Gasteiger partial charge >= 0.3 is 0 Å². The van der Waals surface area contributed by atoms with Crippen LogP contribution in [0.25, 0.3) is 11.0 Å². The quantitative estimate of drug-likeness (QED) is 0.760. The minimum absolute atomic E-state index is 0.0285. The topological polar surface area (TPSA) is 38.1 Å². The van der Waals surface area contributed by atoms with E-state index in [1.54, 1.807) is 41.8 Å². The number of rotatable bonds is 1. The first-order chi connectivity index (χ1) is 7.50. The van der Waals surface area contributed by atoms with E-state index in [9.17, 15) is 4.79 Å². The summed E-state index contributed by atoms with van der Waals surface area (Å²) in [6, 6.07) is 5.36. The van der Waals surface area contributed by atoms with Crippen molar-refractivity contribution >= 4 is 28.5 Å². The van der Waals surface area contributed by atoms with Gasteiger partial charge in [-0.3, -0.25) is 4.79 Å². The third-order valence-corrected chi connectivity index (χ3v) is 2.82. The summed E-state index contributed by atoms with van der Waals surface area (Å²) in [6.07, 6.45) is 0. The van der Waals surface area contributed by atoms with E-state index in [0.29, 0.717) is 10.8 Å². The monoisotopic (exact) mass is 237 g/mol. The van der Waals surface area contributed by atoms with Crippen LogP contribution in [0.3, 0.4) is 0 Å². The molecule has 0 fully saturated rings. The zero-order chi connectivity index (χ0) is 11.9. The Hall–Kier alpha value is -1.55. The predicted molar refractivity (Wildman–Crippen MR) is 63.7 cm³/mol. The molecule has 0 saturated carbocycles. The maximum atomic E-state index is 11.8. The highest BCUT2D eigenvalue weighted by Crippen LogP contribution is 2.19. The molecule has 2 rings (SSSR count).